The number of thiophene rings is 1. The van der Waals surface area contributed by atoms with Crippen LogP contribution >= 0.6 is 23.1 Å². The number of carbonyl (C=O) groups excluding carboxylic acids is 1. The van der Waals surface area contributed by atoms with E-state index in [1.807, 2.05) is 0 Å². The van der Waals surface area contributed by atoms with Gasteiger partial charge in [0.25, 0.3) is 5.56 Å². The fraction of sp³-hybridized carbons (Fsp3) is 0.632. The van der Waals surface area contributed by atoms with E-state index in [-0.39, 0.29) is 17.6 Å². The summed E-state index contributed by atoms with van der Waals surface area (Å²) < 4.78 is 12.3. The van der Waals surface area contributed by atoms with Crippen LogP contribution in [0.15, 0.2) is 9.95 Å². The van der Waals surface area contributed by atoms with Gasteiger partial charge in [-0.2, -0.15) is 0 Å². The van der Waals surface area contributed by atoms with Gasteiger partial charge in [-0.3, -0.25) is 14.2 Å². The van der Waals surface area contributed by atoms with Crippen LogP contribution in [0.25, 0.3) is 10.2 Å². The minimum Gasteiger partial charge on any atom is -0.468 e. The first-order chi connectivity index (χ1) is 13.1. The van der Waals surface area contributed by atoms with Gasteiger partial charge in [-0.25, -0.2) is 4.98 Å². The molecule has 146 valence electrons. The zero-order chi connectivity index (χ0) is 19.0. The molecule has 0 aromatic carbocycles. The molecule has 0 spiro atoms. The zero-order valence-electron chi connectivity index (χ0n) is 15.7. The number of ether oxygens (including phenoxy) is 2. The second kappa shape index (κ2) is 7.93. The molecule has 1 aliphatic heterocycles. The van der Waals surface area contributed by atoms with Crippen molar-refractivity contribution in [3.63, 3.8) is 0 Å². The molecule has 0 bridgehead atoms. The van der Waals surface area contributed by atoms with E-state index in [1.54, 1.807) is 22.8 Å². The van der Waals surface area contributed by atoms with Gasteiger partial charge in [-0.15, -0.1) is 11.3 Å². The maximum atomic E-state index is 13.4. The fourth-order valence-corrected chi connectivity index (χ4v) is 6.08. The minimum absolute atomic E-state index is 0.00876. The van der Waals surface area contributed by atoms with Crippen LogP contribution in [-0.4, -0.2) is 40.6 Å². The lowest BCUT2D eigenvalue weighted by Crippen LogP contribution is -2.30. The van der Waals surface area contributed by atoms with Crippen molar-refractivity contribution in [3.8, 4) is 0 Å². The molecule has 0 amide bonds. The van der Waals surface area contributed by atoms with Crippen molar-refractivity contribution in [1.29, 1.82) is 0 Å². The first-order valence-corrected chi connectivity index (χ1v) is 11.2. The van der Waals surface area contributed by atoms with Crippen LogP contribution in [0.5, 0.6) is 0 Å². The van der Waals surface area contributed by atoms with Gasteiger partial charge in [0.2, 0.25) is 0 Å². The Balaban J connectivity index is 1.80. The molecular formula is C19H24N2O4S2. The molecule has 27 heavy (non-hydrogen) atoms. The van der Waals surface area contributed by atoms with Crippen molar-refractivity contribution < 1.29 is 14.3 Å². The molecule has 0 saturated carbocycles. The van der Waals surface area contributed by atoms with Gasteiger partial charge < -0.3 is 9.47 Å². The number of rotatable bonds is 5. The molecule has 2 aromatic heterocycles. The molecule has 2 aliphatic rings. The van der Waals surface area contributed by atoms with Crippen LogP contribution in [0.3, 0.4) is 0 Å². The number of aryl methyl sites for hydroxylation is 2. The molecule has 1 aliphatic carbocycles. The first-order valence-electron chi connectivity index (χ1n) is 9.49. The van der Waals surface area contributed by atoms with Crippen LogP contribution in [0.2, 0.25) is 0 Å². The summed E-state index contributed by atoms with van der Waals surface area (Å²) in [5.74, 6) is -0.316. The van der Waals surface area contributed by atoms with Gasteiger partial charge in [-0.05, 0) is 51.0 Å². The van der Waals surface area contributed by atoms with Crippen LogP contribution in [0.1, 0.15) is 43.0 Å². The number of carbonyl (C=O) groups is 1. The molecular weight excluding hydrogens is 384 g/mol. The van der Waals surface area contributed by atoms with Gasteiger partial charge in [0.15, 0.2) is 5.16 Å². The molecule has 6 nitrogen and oxygen atoms in total. The Hall–Kier alpha value is -1.38. The molecule has 4 rings (SSSR count). The highest BCUT2D eigenvalue weighted by Crippen LogP contribution is 2.35. The summed E-state index contributed by atoms with van der Waals surface area (Å²) in [6, 6.07) is 0. The first kappa shape index (κ1) is 19.0. The number of hydrogen-bond donors (Lipinski definition) is 0. The van der Waals surface area contributed by atoms with E-state index in [1.165, 1.54) is 35.7 Å². The molecule has 1 fully saturated rings. The molecule has 0 unspecified atom stereocenters. The largest absolute Gasteiger partial charge is 0.468 e. The predicted molar refractivity (Wildman–Crippen MR) is 107 cm³/mol. The molecule has 3 heterocycles. The monoisotopic (exact) mass is 408 g/mol. The Morgan fingerprint density at radius 3 is 2.96 bits per heavy atom. The normalized spacial score (nSPS) is 20.6. The summed E-state index contributed by atoms with van der Waals surface area (Å²) in [6.45, 7) is 3.01. The van der Waals surface area contributed by atoms with E-state index in [0.29, 0.717) is 11.7 Å². The van der Waals surface area contributed by atoms with E-state index in [0.717, 1.165) is 48.9 Å². The lowest BCUT2D eigenvalue weighted by molar-refractivity contribution is -0.139. The van der Waals surface area contributed by atoms with Crippen molar-refractivity contribution in [3.05, 3.63) is 20.8 Å². The number of hydrogen-bond acceptors (Lipinski definition) is 7. The molecule has 0 radical (unpaired) electrons. The predicted octanol–water partition coefficient (Wildman–Crippen LogP) is 3.17. The topological polar surface area (TPSA) is 70.4 Å². The molecule has 2 aromatic rings. The number of esters is 1. The van der Waals surface area contributed by atoms with Crippen LogP contribution < -0.4 is 5.56 Å². The quantitative estimate of drug-likeness (QED) is 0.430. The summed E-state index contributed by atoms with van der Waals surface area (Å²) in [6.07, 6.45) is 6.28. The fourth-order valence-electron chi connectivity index (χ4n) is 3.83. The van der Waals surface area contributed by atoms with Crippen LogP contribution in [-0.2, 0) is 33.7 Å². The van der Waals surface area contributed by atoms with Gasteiger partial charge in [-0.1, -0.05) is 11.8 Å². The summed E-state index contributed by atoms with van der Waals surface area (Å²) in [4.78, 5) is 32.3. The van der Waals surface area contributed by atoms with Crippen molar-refractivity contribution in [1.82, 2.24) is 9.55 Å². The van der Waals surface area contributed by atoms with Gasteiger partial charge in [0.05, 0.1) is 25.1 Å². The molecule has 0 N–H and O–H groups in total. The summed E-state index contributed by atoms with van der Waals surface area (Å²) in [5, 5.41) is 0.937. The van der Waals surface area contributed by atoms with Crippen molar-refractivity contribution in [2.45, 2.75) is 68.5 Å². The Morgan fingerprint density at radius 1 is 1.41 bits per heavy atom. The number of thioether (sulfide) groups is 1. The highest BCUT2D eigenvalue weighted by atomic mass is 32.2. The number of nitrogens with zero attached hydrogens (tertiary/aromatic N) is 2. The SMILES string of the molecule is COC(=O)[C@H](C)Sc1nc2sc3c(c2c(=O)n1C[C@@H]1CCCO1)CCCC3. The average molecular weight is 409 g/mol. The Bertz CT molecular complexity index is 915. The summed E-state index contributed by atoms with van der Waals surface area (Å²) in [5.41, 5.74) is 1.20. The van der Waals surface area contributed by atoms with Gasteiger partial charge >= 0.3 is 5.97 Å². The van der Waals surface area contributed by atoms with E-state index in [9.17, 15) is 9.59 Å². The maximum absolute atomic E-state index is 13.4. The third-order valence-electron chi connectivity index (χ3n) is 5.27. The van der Waals surface area contributed by atoms with Crippen LogP contribution in [0, 0.1) is 0 Å². The Labute approximate surface area is 166 Å². The third-order valence-corrected chi connectivity index (χ3v) is 7.52. The smallest absolute Gasteiger partial charge is 0.318 e. The average Bonchev–Trinajstić information content (AvgIpc) is 3.31. The maximum Gasteiger partial charge on any atom is 0.318 e. The van der Waals surface area contributed by atoms with Crippen molar-refractivity contribution in [2.75, 3.05) is 13.7 Å². The van der Waals surface area contributed by atoms with Crippen molar-refractivity contribution >= 4 is 39.3 Å². The summed E-state index contributed by atoms with van der Waals surface area (Å²) >= 11 is 2.93. The van der Waals surface area contributed by atoms with E-state index in [2.05, 4.69) is 0 Å². The lowest BCUT2D eigenvalue weighted by atomic mass is 9.97. The van der Waals surface area contributed by atoms with E-state index in [4.69, 9.17) is 14.5 Å². The lowest BCUT2D eigenvalue weighted by Gasteiger charge is -2.17. The minimum atomic E-state index is -0.426. The van der Waals surface area contributed by atoms with E-state index >= 15 is 0 Å². The molecule has 2 atom stereocenters. The Morgan fingerprint density at radius 2 is 2.22 bits per heavy atom. The second-order valence-corrected chi connectivity index (χ2v) is 9.51. The molecule has 8 heteroatoms. The highest BCUT2D eigenvalue weighted by molar-refractivity contribution is 8.00. The number of aromatic nitrogens is 2. The van der Waals surface area contributed by atoms with Crippen molar-refractivity contribution in [2.24, 2.45) is 0 Å². The van der Waals surface area contributed by atoms with E-state index < -0.39 is 5.25 Å². The summed E-state index contributed by atoms with van der Waals surface area (Å²) in [7, 11) is 1.38. The highest BCUT2D eigenvalue weighted by Gasteiger charge is 2.26. The Kier molecular flexibility index (Phi) is 5.57. The van der Waals surface area contributed by atoms with Crippen LogP contribution in [0.4, 0.5) is 0 Å². The van der Waals surface area contributed by atoms with Gasteiger partial charge in [0, 0.05) is 11.5 Å². The van der Waals surface area contributed by atoms with Gasteiger partial charge in [0.1, 0.15) is 10.1 Å². The number of fused-ring (bicyclic) bond motifs is 3. The third kappa shape index (κ3) is 3.67. The number of methoxy groups -OCH3 is 1. The second-order valence-electron chi connectivity index (χ2n) is 7.12. The standard InChI is InChI=1S/C19H24N2O4S2/c1-11(18(23)24-2)26-19-20-16-15(13-7-3-4-8-14(13)27-16)17(22)21(19)10-12-6-5-9-25-12/h11-12H,3-10H2,1-2H3/t11-,12-/m0/s1. The molecule has 1 saturated heterocycles. The zero-order valence-corrected chi connectivity index (χ0v) is 17.3.